The number of amides is 1. The predicted octanol–water partition coefficient (Wildman–Crippen LogP) is 3.79. The Morgan fingerprint density at radius 2 is 1.80 bits per heavy atom. The van der Waals surface area contributed by atoms with Crippen molar-refractivity contribution in [2.75, 3.05) is 10.6 Å². The molecule has 0 saturated carbocycles. The van der Waals surface area contributed by atoms with Gasteiger partial charge in [0.05, 0.1) is 0 Å². The summed E-state index contributed by atoms with van der Waals surface area (Å²) in [7, 11) is 0. The largest absolute Gasteiger partial charge is 0.444 e. The van der Waals surface area contributed by atoms with Crippen molar-refractivity contribution in [2.24, 2.45) is 5.41 Å². The van der Waals surface area contributed by atoms with Crippen LogP contribution in [-0.4, -0.2) is 27.0 Å². The van der Waals surface area contributed by atoms with Gasteiger partial charge < -0.3 is 4.74 Å². The number of alkyl halides is 1. The first-order valence-electron chi connectivity index (χ1n) is 6.48. The quantitative estimate of drug-likeness (QED) is 0.844. The zero-order chi connectivity index (χ0) is 15.4. The normalized spacial score (nSPS) is 12.1. The van der Waals surface area contributed by atoms with Crippen LogP contribution in [0.2, 0.25) is 0 Å². The van der Waals surface area contributed by atoms with Crippen molar-refractivity contribution in [1.29, 1.82) is 0 Å². The number of carbonyl (C=O) groups is 1. The molecule has 0 aliphatic carbocycles. The molecule has 20 heavy (non-hydrogen) atoms. The number of nitrogens with zero attached hydrogens (tertiary/aromatic N) is 2. The van der Waals surface area contributed by atoms with Crippen molar-refractivity contribution < 1.29 is 9.53 Å². The molecule has 1 heterocycles. The van der Waals surface area contributed by atoms with Crippen molar-refractivity contribution >= 4 is 28.0 Å². The van der Waals surface area contributed by atoms with Crippen LogP contribution in [0.15, 0.2) is 12.4 Å². The van der Waals surface area contributed by atoms with Crippen molar-refractivity contribution in [2.45, 2.75) is 46.6 Å². The topological polar surface area (TPSA) is 64.1 Å². The van der Waals surface area contributed by atoms with Gasteiger partial charge in [0.2, 0.25) is 5.95 Å². The molecule has 0 aromatic carbocycles. The Morgan fingerprint density at radius 3 is 2.25 bits per heavy atom. The molecule has 0 saturated heterocycles. The molecule has 0 aliphatic heterocycles. The highest BCUT2D eigenvalue weighted by Gasteiger charge is 2.18. The van der Waals surface area contributed by atoms with E-state index in [1.807, 2.05) is 0 Å². The second-order valence-electron chi connectivity index (χ2n) is 6.52. The molecule has 1 N–H and O–H groups in total. The van der Waals surface area contributed by atoms with Crippen LogP contribution in [0.5, 0.6) is 0 Å². The number of nitrogens with one attached hydrogen (secondary N) is 1. The van der Waals surface area contributed by atoms with Crippen molar-refractivity contribution in [1.82, 2.24) is 9.97 Å². The maximum atomic E-state index is 11.6. The van der Waals surface area contributed by atoms with Gasteiger partial charge >= 0.3 is 6.09 Å². The van der Waals surface area contributed by atoms with E-state index in [-0.39, 0.29) is 11.4 Å². The molecule has 112 valence electrons. The van der Waals surface area contributed by atoms with E-state index < -0.39 is 11.7 Å². The monoisotopic (exact) mass is 343 g/mol. The lowest BCUT2D eigenvalue weighted by Gasteiger charge is -2.21. The molecule has 1 amide bonds. The molecule has 0 bridgehead atoms. The number of hydrogen-bond acceptors (Lipinski definition) is 4. The van der Waals surface area contributed by atoms with Crippen LogP contribution < -0.4 is 5.32 Å². The van der Waals surface area contributed by atoms with Gasteiger partial charge in [0, 0.05) is 17.7 Å². The highest BCUT2D eigenvalue weighted by atomic mass is 79.9. The smallest absolute Gasteiger partial charge is 0.414 e. The Labute approximate surface area is 128 Å². The third-order valence-corrected chi connectivity index (χ3v) is 3.88. The molecule has 0 spiro atoms. The fourth-order valence-corrected chi connectivity index (χ4v) is 1.70. The van der Waals surface area contributed by atoms with Gasteiger partial charge in [-0.25, -0.2) is 14.8 Å². The second-order valence-corrected chi connectivity index (χ2v) is 7.08. The van der Waals surface area contributed by atoms with E-state index in [4.69, 9.17) is 4.74 Å². The van der Waals surface area contributed by atoms with Gasteiger partial charge in [-0.05, 0) is 38.2 Å². The summed E-state index contributed by atoms with van der Waals surface area (Å²) in [5.41, 5.74) is 0.636. The van der Waals surface area contributed by atoms with Gasteiger partial charge in [0.25, 0.3) is 0 Å². The van der Waals surface area contributed by atoms with Gasteiger partial charge in [-0.1, -0.05) is 29.8 Å². The zero-order valence-corrected chi connectivity index (χ0v) is 14.2. The van der Waals surface area contributed by atoms with Crippen LogP contribution in [0.1, 0.15) is 40.2 Å². The van der Waals surface area contributed by atoms with Gasteiger partial charge in [-0.2, -0.15) is 0 Å². The van der Waals surface area contributed by atoms with Crippen LogP contribution in [0.25, 0.3) is 0 Å². The first kappa shape index (κ1) is 16.9. The fraction of sp³-hybridized carbons (Fsp3) is 0.643. The molecule has 5 nitrogen and oxygen atoms in total. The van der Waals surface area contributed by atoms with E-state index in [2.05, 4.69) is 45.1 Å². The van der Waals surface area contributed by atoms with Gasteiger partial charge in [-0.3, -0.25) is 5.32 Å². The Morgan fingerprint density at radius 1 is 1.25 bits per heavy atom. The predicted molar refractivity (Wildman–Crippen MR) is 83.2 cm³/mol. The molecule has 0 atom stereocenters. The fourth-order valence-electron chi connectivity index (χ4n) is 1.51. The van der Waals surface area contributed by atoms with E-state index in [0.29, 0.717) is 0 Å². The van der Waals surface area contributed by atoms with Gasteiger partial charge in [0.1, 0.15) is 5.60 Å². The van der Waals surface area contributed by atoms with Crippen molar-refractivity contribution in [3.63, 3.8) is 0 Å². The van der Waals surface area contributed by atoms with Crippen LogP contribution in [0.3, 0.4) is 0 Å². The average molecular weight is 344 g/mol. The molecule has 6 heteroatoms. The summed E-state index contributed by atoms with van der Waals surface area (Å²) in [4.78, 5) is 19.8. The van der Waals surface area contributed by atoms with E-state index in [0.717, 1.165) is 17.3 Å². The third-order valence-electron chi connectivity index (χ3n) is 2.36. The van der Waals surface area contributed by atoms with Gasteiger partial charge in [0.15, 0.2) is 0 Å². The number of carbonyl (C=O) groups excluding carboxylic acids is 1. The molecular formula is C14H22BrN3O2. The summed E-state index contributed by atoms with van der Waals surface area (Å²) in [6.45, 7) is 9.74. The number of halogens is 1. The second kappa shape index (κ2) is 6.52. The summed E-state index contributed by atoms with van der Waals surface area (Å²) in [6, 6.07) is 0. The summed E-state index contributed by atoms with van der Waals surface area (Å²) in [5.74, 6) is 0.250. The maximum absolute atomic E-state index is 11.6. The molecule has 1 rings (SSSR count). The zero-order valence-electron chi connectivity index (χ0n) is 12.7. The van der Waals surface area contributed by atoms with Crippen LogP contribution in [-0.2, 0) is 11.2 Å². The summed E-state index contributed by atoms with van der Waals surface area (Å²) < 4.78 is 5.13. The average Bonchev–Trinajstić information content (AvgIpc) is 2.29. The lowest BCUT2D eigenvalue weighted by atomic mass is 9.89. The summed E-state index contributed by atoms with van der Waals surface area (Å²) in [6.07, 6.45) is 3.77. The van der Waals surface area contributed by atoms with Crippen LogP contribution in [0, 0.1) is 5.41 Å². The van der Waals surface area contributed by atoms with E-state index >= 15 is 0 Å². The van der Waals surface area contributed by atoms with E-state index in [1.54, 1.807) is 33.2 Å². The van der Waals surface area contributed by atoms with Gasteiger partial charge in [-0.15, -0.1) is 0 Å². The summed E-state index contributed by atoms with van der Waals surface area (Å²) >= 11 is 3.49. The Kier molecular flexibility index (Phi) is 5.50. The molecule has 1 aromatic rings. The Hall–Kier alpha value is -1.17. The lowest BCUT2D eigenvalue weighted by molar-refractivity contribution is 0.0634. The Balaban J connectivity index is 2.61. The third kappa shape index (κ3) is 6.32. The molecule has 0 aliphatic rings. The first-order chi connectivity index (χ1) is 9.11. The number of hydrogen-bond donors (Lipinski definition) is 1. The first-order valence-corrected chi connectivity index (χ1v) is 7.60. The van der Waals surface area contributed by atoms with Crippen molar-refractivity contribution in [3.05, 3.63) is 18.0 Å². The molecular weight excluding hydrogens is 322 g/mol. The van der Waals surface area contributed by atoms with Crippen molar-refractivity contribution in [3.8, 4) is 0 Å². The standard InChI is InChI=1S/C14H22BrN3O2/c1-13(2,3)20-12(19)18-11-16-7-10(8-17-11)6-14(4,5)9-15/h7-8H,6,9H2,1-5H3,(H,16,17,18,19). The molecule has 0 unspecified atom stereocenters. The van der Waals surface area contributed by atoms with E-state index in [1.165, 1.54) is 0 Å². The highest BCUT2D eigenvalue weighted by molar-refractivity contribution is 9.09. The summed E-state index contributed by atoms with van der Waals surface area (Å²) in [5, 5.41) is 3.41. The van der Waals surface area contributed by atoms with Crippen LogP contribution >= 0.6 is 15.9 Å². The van der Waals surface area contributed by atoms with Crippen LogP contribution in [0.4, 0.5) is 10.7 Å². The minimum Gasteiger partial charge on any atom is -0.444 e. The number of anilines is 1. The minimum atomic E-state index is -0.550. The lowest BCUT2D eigenvalue weighted by Crippen LogP contribution is -2.27. The highest BCUT2D eigenvalue weighted by Crippen LogP contribution is 2.23. The van der Waals surface area contributed by atoms with E-state index in [9.17, 15) is 4.79 Å². The Bertz CT molecular complexity index is 452. The SMILES string of the molecule is CC(C)(CBr)Cc1cnc(NC(=O)OC(C)(C)C)nc1. The number of rotatable bonds is 4. The maximum Gasteiger partial charge on any atom is 0.414 e. The molecule has 1 aromatic heterocycles. The number of ether oxygens (including phenoxy) is 1. The minimum absolute atomic E-state index is 0.142. The molecule has 0 fully saturated rings. The molecule has 0 radical (unpaired) electrons. The number of aromatic nitrogens is 2.